The first kappa shape index (κ1) is 14.3. The molecule has 0 fully saturated rings. The third-order valence-electron chi connectivity index (χ3n) is 1.28. The first-order chi connectivity index (χ1) is 6.95. The average Bonchev–Trinajstić information content (AvgIpc) is 2.09. The minimum atomic E-state index is -3.41. The zero-order valence-corrected chi connectivity index (χ0v) is 9.71. The molecule has 6 nitrogen and oxygen atoms in total. The van der Waals surface area contributed by atoms with Crippen LogP contribution in [0.5, 0.6) is 0 Å². The fourth-order valence-electron chi connectivity index (χ4n) is 0.735. The van der Waals surface area contributed by atoms with E-state index in [9.17, 15) is 13.2 Å². The lowest BCUT2D eigenvalue weighted by Crippen LogP contribution is -2.12. The Morgan fingerprint density at radius 2 is 1.87 bits per heavy atom. The van der Waals surface area contributed by atoms with Gasteiger partial charge in [0.25, 0.3) is 10.1 Å². The van der Waals surface area contributed by atoms with Crippen molar-refractivity contribution in [3.05, 3.63) is 0 Å². The molecule has 15 heavy (non-hydrogen) atoms. The molecule has 0 N–H and O–H groups in total. The smallest absolute Gasteiger partial charge is 0.308 e. The van der Waals surface area contributed by atoms with Crippen LogP contribution in [0.15, 0.2) is 0 Å². The number of carbonyl (C=O) groups excluding carboxylic acids is 1. The second-order valence-corrected chi connectivity index (χ2v) is 4.34. The molecule has 0 heterocycles. The molecule has 0 aromatic rings. The molecule has 0 aromatic carbocycles. The van der Waals surface area contributed by atoms with E-state index < -0.39 is 10.1 Å². The Morgan fingerprint density at radius 3 is 2.40 bits per heavy atom. The van der Waals surface area contributed by atoms with Gasteiger partial charge >= 0.3 is 5.97 Å². The summed E-state index contributed by atoms with van der Waals surface area (Å²) >= 11 is 0. The summed E-state index contributed by atoms with van der Waals surface area (Å²) in [5.41, 5.74) is 0. The van der Waals surface area contributed by atoms with E-state index >= 15 is 0 Å². The molecule has 0 atom stereocenters. The maximum Gasteiger partial charge on any atom is 0.308 e. The van der Waals surface area contributed by atoms with Crippen LogP contribution in [0.25, 0.3) is 0 Å². The molecule has 0 amide bonds. The van der Waals surface area contributed by atoms with E-state index in [2.05, 4.69) is 8.92 Å². The summed E-state index contributed by atoms with van der Waals surface area (Å²) in [5.74, 6) is -0.332. The van der Waals surface area contributed by atoms with E-state index in [0.29, 0.717) is 6.61 Å². The van der Waals surface area contributed by atoms with Gasteiger partial charge in [-0.2, -0.15) is 8.42 Å². The Morgan fingerprint density at radius 1 is 1.20 bits per heavy atom. The highest BCUT2D eigenvalue weighted by Gasteiger charge is 2.02. The normalized spacial score (nSPS) is 11.3. The van der Waals surface area contributed by atoms with Gasteiger partial charge in [0, 0.05) is 0 Å². The highest BCUT2D eigenvalue weighted by molar-refractivity contribution is 7.85. The molecule has 7 heteroatoms. The number of carbonyl (C=O) groups is 1. The molecule has 0 bridgehead atoms. The van der Waals surface area contributed by atoms with Gasteiger partial charge in [-0.3, -0.25) is 8.98 Å². The molecule has 90 valence electrons. The van der Waals surface area contributed by atoms with Crippen molar-refractivity contribution in [2.24, 2.45) is 0 Å². The van der Waals surface area contributed by atoms with Crippen LogP contribution in [0.1, 0.15) is 13.3 Å². The van der Waals surface area contributed by atoms with Crippen LogP contribution in [-0.4, -0.2) is 47.1 Å². The van der Waals surface area contributed by atoms with Crippen molar-refractivity contribution in [2.75, 3.05) is 32.7 Å². The first-order valence-electron chi connectivity index (χ1n) is 4.53. The number of ether oxygens (including phenoxy) is 2. The lowest BCUT2D eigenvalue weighted by atomic mass is 10.5. The van der Waals surface area contributed by atoms with Gasteiger partial charge in [-0.1, -0.05) is 0 Å². The minimum absolute atomic E-state index is 0.0400. The van der Waals surface area contributed by atoms with Gasteiger partial charge in [-0.25, -0.2) is 0 Å². The monoisotopic (exact) mass is 240 g/mol. The van der Waals surface area contributed by atoms with Gasteiger partial charge in [-0.15, -0.1) is 0 Å². The van der Waals surface area contributed by atoms with Crippen molar-refractivity contribution < 1.29 is 26.9 Å². The van der Waals surface area contributed by atoms with E-state index in [1.54, 1.807) is 6.92 Å². The van der Waals surface area contributed by atoms with Crippen LogP contribution in [0.2, 0.25) is 0 Å². The molecular weight excluding hydrogens is 224 g/mol. The van der Waals surface area contributed by atoms with Crippen molar-refractivity contribution in [3.63, 3.8) is 0 Å². The third-order valence-corrected chi connectivity index (χ3v) is 1.88. The summed E-state index contributed by atoms with van der Waals surface area (Å²) < 4.78 is 35.0. The van der Waals surface area contributed by atoms with Gasteiger partial charge < -0.3 is 9.47 Å². The van der Waals surface area contributed by atoms with Crippen LogP contribution < -0.4 is 0 Å². The fourth-order valence-corrected chi connectivity index (χ4v) is 1.11. The number of rotatable bonds is 8. The molecule has 0 saturated heterocycles. The van der Waals surface area contributed by atoms with E-state index in [0.717, 1.165) is 6.26 Å². The highest BCUT2D eigenvalue weighted by atomic mass is 32.2. The average molecular weight is 240 g/mol. The Hall–Kier alpha value is -0.660. The molecule has 0 saturated carbocycles. The zero-order valence-electron chi connectivity index (χ0n) is 8.89. The Labute approximate surface area is 89.6 Å². The minimum Gasteiger partial charge on any atom is -0.466 e. The Kier molecular flexibility index (Phi) is 7.27. The molecule has 0 radical (unpaired) electrons. The van der Waals surface area contributed by atoms with Crippen molar-refractivity contribution in [1.82, 2.24) is 0 Å². The maximum absolute atomic E-state index is 10.8. The summed E-state index contributed by atoms with van der Waals surface area (Å²) in [4.78, 5) is 10.8. The fraction of sp³-hybridized carbons (Fsp3) is 0.875. The number of hydrogen-bond acceptors (Lipinski definition) is 6. The van der Waals surface area contributed by atoms with Gasteiger partial charge in [-0.05, 0) is 6.92 Å². The SMILES string of the molecule is CCOC(=O)CCOCCOS(C)(=O)=O. The molecule has 0 rings (SSSR count). The van der Waals surface area contributed by atoms with E-state index in [1.165, 1.54) is 0 Å². The van der Waals surface area contributed by atoms with Crippen LogP contribution in [0, 0.1) is 0 Å². The van der Waals surface area contributed by atoms with Gasteiger partial charge in [0.15, 0.2) is 0 Å². The molecule has 0 spiro atoms. The molecule has 0 aliphatic heterocycles. The topological polar surface area (TPSA) is 78.9 Å². The predicted octanol–water partition coefficient (Wildman–Crippen LogP) is -0.0676. The molecule has 0 aliphatic rings. The molecule has 0 aliphatic carbocycles. The lowest BCUT2D eigenvalue weighted by molar-refractivity contribution is -0.144. The van der Waals surface area contributed by atoms with Crippen molar-refractivity contribution in [1.29, 1.82) is 0 Å². The van der Waals surface area contributed by atoms with Crippen LogP contribution in [-0.2, 0) is 28.6 Å². The lowest BCUT2D eigenvalue weighted by Gasteiger charge is -2.04. The molecule has 0 unspecified atom stereocenters. The second kappa shape index (κ2) is 7.61. The maximum atomic E-state index is 10.8. The quantitative estimate of drug-likeness (QED) is 0.336. The number of esters is 1. The third kappa shape index (κ3) is 11.3. The summed E-state index contributed by atoms with van der Waals surface area (Å²) in [5, 5.41) is 0. The number of hydrogen-bond donors (Lipinski definition) is 0. The zero-order chi connectivity index (χ0) is 11.7. The van der Waals surface area contributed by atoms with Crippen molar-refractivity contribution >= 4 is 16.1 Å². The Balaban J connectivity index is 3.29. The van der Waals surface area contributed by atoms with E-state index in [1.807, 2.05) is 0 Å². The first-order valence-corrected chi connectivity index (χ1v) is 6.35. The molecule has 0 aromatic heterocycles. The van der Waals surface area contributed by atoms with Crippen LogP contribution >= 0.6 is 0 Å². The summed E-state index contributed by atoms with van der Waals surface area (Å²) in [6, 6.07) is 0. The Bertz CT molecular complexity index is 271. The summed E-state index contributed by atoms with van der Waals surface area (Å²) in [6.45, 7) is 2.36. The van der Waals surface area contributed by atoms with Gasteiger partial charge in [0.2, 0.25) is 0 Å². The largest absolute Gasteiger partial charge is 0.466 e. The van der Waals surface area contributed by atoms with Gasteiger partial charge in [0.05, 0.1) is 39.1 Å². The van der Waals surface area contributed by atoms with Crippen molar-refractivity contribution in [3.8, 4) is 0 Å². The van der Waals surface area contributed by atoms with Crippen LogP contribution in [0.4, 0.5) is 0 Å². The van der Waals surface area contributed by atoms with E-state index in [-0.39, 0.29) is 32.2 Å². The van der Waals surface area contributed by atoms with Crippen LogP contribution in [0.3, 0.4) is 0 Å². The van der Waals surface area contributed by atoms with E-state index in [4.69, 9.17) is 4.74 Å². The van der Waals surface area contributed by atoms with Gasteiger partial charge in [0.1, 0.15) is 0 Å². The summed E-state index contributed by atoms with van der Waals surface area (Å²) in [6.07, 6.45) is 1.12. The van der Waals surface area contributed by atoms with Crippen molar-refractivity contribution in [2.45, 2.75) is 13.3 Å². The highest BCUT2D eigenvalue weighted by Crippen LogP contribution is 1.90. The second-order valence-electron chi connectivity index (χ2n) is 2.69. The molecular formula is C8H16O6S. The summed E-state index contributed by atoms with van der Waals surface area (Å²) in [7, 11) is -3.41. The standard InChI is InChI=1S/C8H16O6S/c1-3-13-8(9)4-5-12-6-7-14-15(2,10)11/h3-7H2,1-2H3. The predicted molar refractivity (Wildman–Crippen MR) is 52.9 cm³/mol.